The van der Waals surface area contributed by atoms with Crippen molar-refractivity contribution in [2.24, 2.45) is 0 Å². The van der Waals surface area contributed by atoms with Crippen molar-refractivity contribution in [3.63, 3.8) is 0 Å². The topological polar surface area (TPSA) is 126 Å². The molecular weight excluding hydrogens is 418 g/mol. The lowest BCUT2D eigenvalue weighted by Crippen LogP contribution is -2.38. The van der Waals surface area contributed by atoms with Gasteiger partial charge in [-0.3, -0.25) is 4.79 Å². The molecule has 31 heavy (non-hydrogen) atoms. The molecule has 0 saturated heterocycles. The number of carbonyl (C=O) groups excluding carboxylic acids is 2. The Morgan fingerprint density at radius 1 is 1.13 bits per heavy atom. The van der Waals surface area contributed by atoms with E-state index in [1.807, 2.05) is 37.3 Å². The molecule has 0 aliphatic carbocycles. The van der Waals surface area contributed by atoms with Gasteiger partial charge in [0.1, 0.15) is 0 Å². The van der Waals surface area contributed by atoms with Gasteiger partial charge in [0.2, 0.25) is 10.0 Å². The monoisotopic (exact) mass is 441 g/mol. The van der Waals surface area contributed by atoms with Gasteiger partial charge in [-0.05, 0) is 31.5 Å². The van der Waals surface area contributed by atoms with Crippen LogP contribution < -0.4 is 4.72 Å². The molecule has 0 radical (unpaired) electrons. The molecule has 1 unspecified atom stereocenters. The Morgan fingerprint density at radius 3 is 2.35 bits per heavy atom. The fourth-order valence-corrected chi connectivity index (χ4v) is 3.82. The minimum Gasteiger partial charge on any atom is -0.457 e. The third-order valence-electron chi connectivity index (χ3n) is 4.20. The van der Waals surface area contributed by atoms with Gasteiger partial charge in [-0.1, -0.05) is 60.2 Å². The largest absolute Gasteiger partial charge is 0.457 e. The molecule has 0 saturated carbocycles. The van der Waals surface area contributed by atoms with Crippen LogP contribution in [0.1, 0.15) is 24.5 Å². The molecule has 2 rings (SSSR count). The van der Waals surface area contributed by atoms with E-state index in [0.717, 1.165) is 11.1 Å². The Morgan fingerprint density at radius 2 is 1.77 bits per heavy atom. The lowest BCUT2D eigenvalue weighted by atomic mass is 10.1. The van der Waals surface area contributed by atoms with Crippen molar-refractivity contribution in [3.8, 4) is 0 Å². The van der Waals surface area contributed by atoms with Crippen LogP contribution in [0.2, 0.25) is 0 Å². The Labute approximate surface area is 181 Å². The molecule has 0 heterocycles. The van der Waals surface area contributed by atoms with Crippen LogP contribution in [0.15, 0.2) is 65.6 Å². The first-order valence-electron chi connectivity index (χ1n) is 9.51. The van der Waals surface area contributed by atoms with Gasteiger partial charge in [-0.25, -0.2) is 17.9 Å². The molecule has 0 amide bonds. The van der Waals surface area contributed by atoms with E-state index in [2.05, 4.69) is 9.51 Å². The quantitative estimate of drug-likeness (QED) is 0.199. The number of sulfonamides is 1. The summed E-state index contributed by atoms with van der Waals surface area (Å²) in [5.41, 5.74) is 9.95. The molecule has 0 bridgehead atoms. The third kappa shape index (κ3) is 7.11. The lowest BCUT2D eigenvalue weighted by molar-refractivity contribution is -0.141. The zero-order valence-electron chi connectivity index (χ0n) is 17.2. The minimum atomic E-state index is -3.96. The second kappa shape index (κ2) is 11.1. The molecule has 0 fully saturated rings. The summed E-state index contributed by atoms with van der Waals surface area (Å²) in [7, 11) is -3.96. The number of rotatable bonds is 10. The first-order valence-corrected chi connectivity index (χ1v) is 11.0. The molecule has 0 aliphatic heterocycles. The number of hydrogen-bond acceptors (Lipinski definition) is 5. The molecule has 162 valence electrons. The number of aryl methyl sites for hydroxylation is 1. The third-order valence-corrected chi connectivity index (χ3v) is 5.70. The lowest BCUT2D eigenvalue weighted by Gasteiger charge is -2.14. The predicted octanol–water partition coefficient (Wildman–Crippen LogP) is 2.55. The minimum absolute atomic E-state index is 0.0114. The van der Waals surface area contributed by atoms with Crippen LogP contribution >= 0.6 is 0 Å². The van der Waals surface area contributed by atoms with Crippen LogP contribution in [0, 0.1) is 6.92 Å². The van der Waals surface area contributed by atoms with Gasteiger partial charge >= 0.3 is 11.7 Å². The molecular formula is C22H23N3O5S. The predicted molar refractivity (Wildman–Crippen MR) is 116 cm³/mol. The zero-order chi connectivity index (χ0) is 22.9. The molecule has 0 spiro atoms. The van der Waals surface area contributed by atoms with Gasteiger partial charge in [0.25, 0.3) is 5.78 Å². The van der Waals surface area contributed by atoms with Crippen LogP contribution in [-0.4, -0.2) is 43.3 Å². The molecule has 0 aliphatic rings. The number of benzene rings is 2. The summed E-state index contributed by atoms with van der Waals surface area (Å²) in [4.78, 5) is 27.1. The first-order chi connectivity index (χ1) is 14.8. The maximum Gasteiger partial charge on any atom is 0.441 e. The fourth-order valence-electron chi connectivity index (χ4n) is 2.63. The summed E-state index contributed by atoms with van der Waals surface area (Å²) in [6, 6.07) is 14.3. The van der Waals surface area contributed by atoms with E-state index < -0.39 is 40.0 Å². The summed E-state index contributed by atoms with van der Waals surface area (Å²) >= 11 is 0. The van der Waals surface area contributed by atoms with Crippen molar-refractivity contribution >= 4 is 33.6 Å². The highest BCUT2D eigenvalue weighted by molar-refractivity contribution is 7.89. The van der Waals surface area contributed by atoms with Crippen molar-refractivity contribution in [1.82, 2.24) is 4.72 Å². The number of esters is 1. The Balaban J connectivity index is 2.30. The van der Waals surface area contributed by atoms with E-state index >= 15 is 0 Å². The number of ether oxygens (including phenoxy) is 1. The van der Waals surface area contributed by atoms with Crippen molar-refractivity contribution in [2.75, 3.05) is 6.61 Å². The summed E-state index contributed by atoms with van der Waals surface area (Å²) in [6.45, 7) is 3.36. The van der Waals surface area contributed by atoms with Gasteiger partial charge < -0.3 is 10.3 Å². The zero-order valence-corrected chi connectivity index (χ0v) is 18.0. The highest BCUT2D eigenvalue weighted by Crippen LogP contribution is 2.13. The fraction of sp³-hybridized carbons (Fsp3) is 0.227. The molecule has 2 aromatic rings. The summed E-state index contributed by atoms with van der Waals surface area (Å²) < 4.78 is 32.7. The molecule has 0 aromatic heterocycles. The van der Waals surface area contributed by atoms with Gasteiger partial charge in [0, 0.05) is 12.5 Å². The second-order valence-corrected chi connectivity index (χ2v) is 8.32. The van der Waals surface area contributed by atoms with Crippen molar-refractivity contribution in [2.45, 2.75) is 31.2 Å². The van der Waals surface area contributed by atoms with E-state index in [-0.39, 0.29) is 11.5 Å². The average Bonchev–Trinajstić information content (AvgIpc) is 2.73. The second-order valence-electron chi connectivity index (χ2n) is 6.61. The van der Waals surface area contributed by atoms with Gasteiger partial charge in [0.05, 0.1) is 11.5 Å². The maximum atomic E-state index is 12.8. The van der Waals surface area contributed by atoms with Crippen LogP contribution in [0.5, 0.6) is 0 Å². The van der Waals surface area contributed by atoms with E-state index in [9.17, 15) is 18.0 Å². The number of carbonyl (C=O) groups is 2. The van der Waals surface area contributed by atoms with Crippen molar-refractivity contribution < 1.29 is 27.5 Å². The standard InChI is InChI=1S/C22H23N3O5S/c1-3-30-22(27)21(24-23)20(26)15-18(12-11-17-7-5-4-6-8-17)25-31(28,29)19-13-9-16(2)10-14-19/h4-14,18,25H,3,15H2,1-2H3/b12-11+. The molecule has 1 N–H and O–H groups in total. The summed E-state index contributed by atoms with van der Waals surface area (Å²) in [6.07, 6.45) is 2.70. The molecule has 2 aromatic carbocycles. The number of hydrogen-bond donors (Lipinski definition) is 1. The number of nitrogens with one attached hydrogen (secondary N) is 1. The van der Waals surface area contributed by atoms with Crippen LogP contribution in [0.3, 0.4) is 0 Å². The van der Waals surface area contributed by atoms with Crippen molar-refractivity contribution in [3.05, 3.63) is 77.3 Å². The van der Waals surface area contributed by atoms with Crippen LogP contribution in [0.4, 0.5) is 0 Å². The SMILES string of the molecule is CCOC(=O)C(=[N+]=[N-])C(=O)CC(/C=C/c1ccccc1)NS(=O)(=O)c1ccc(C)cc1. The summed E-state index contributed by atoms with van der Waals surface area (Å²) in [5, 5.41) is 0. The van der Waals surface area contributed by atoms with E-state index in [4.69, 9.17) is 10.3 Å². The maximum absolute atomic E-state index is 12.8. The Hall–Kier alpha value is -3.39. The molecule has 1 atom stereocenters. The van der Waals surface area contributed by atoms with E-state index in [1.165, 1.54) is 18.2 Å². The summed E-state index contributed by atoms with van der Waals surface area (Å²) in [5.74, 6) is -1.95. The molecule has 8 nitrogen and oxygen atoms in total. The highest BCUT2D eigenvalue weighted by atomic mass is 32.2. The number of nitrogens with zero attached hydrogens (tertiary/aromatic N) is 2. The van der Waals surface area contributed by atoms with Crippen molar-refractivity contribution in [1.29, 1.82) is 0 Å². The average molecular weight is 442 g/mol. The van der Waals surface area contributed by atoms with Gasteiger partial charge in [-0.2, -0.15) is 4.79 Å². The highest BCUT2D eigenvalue weighted by Gasteiger charge is 2.33. The van der Waals surface area contributed by atoms with E-state index in [1.54, 1.807) is 25.1 Å². The van der Waals surface area contributed by atoms with Gasteiger partial charge in [-0.15, -0.1) is 0 Å². The Bertz CT molecular complexity index is 1100. The van der Waals surface area contributed by atoms with E-state index in [0.29, 0.717) is 0 Å². The normalized spacial score (nSPS) is 12.2. The van der Waals surface area contributed by atoms with Crippen LogP contribution in [0.25, 0.3) is 11.6 Å². The number of ketones is 1. The van der Waals surface area contributed by atoms with Crippen LogP contribution in [-0.2, 0) is 24.3 Å². The Kier molecular flexibility index (Phi) is 8.57. The smallest absolute Gasteiger partial charge is 0.441 e. The number of Topliss-reactive ketones (excluding diaryl/α,β-unsaturated/α-hetero) is 1. The molecule has 9 heteroatoms. The van der Waals surface area contributed by atoms with Gasteiger partial charge in [0.15, 0.2) is 0 Å². The first kappa shape index (κ1) is 23.9.